The summed E-state index contributed by atoms with van der Waals surface area (Å²) < 4.78 is 16.8. The van der Waals surface area contributed by atoms with E-state index in [0.29, 0.717) is 18.4 Å². The zero-order valence-electron chi connectivity index (χ0n) is 17.0. The van der Waals surface area contributed by atoms with Gasteiger partial charge in [-0.05, 0) is 66.6 Å². The normalized spacial score (nSPS) is 10.7. The minimum absolute atomic E-state index is 0.465. The molecule has 0 atom stereocenters. The van der Waals surface area contributed by atoms with Gasteiger partial charge in [0.25, 0.3) is 0 Å². The first-order valence-electron chi connectivity index (χ1n) is 9.90. The molecule has 0 aliphatic heterocycles. The largest absolute Gasteiger partial charge is 0.497 e. The number of hydrogen-bond acceptors (Lipinski definition) is 6. The van der Waals surface area contributed by atoms with E-state index in [-0.39, 0.29) is 0 Å². The van der Waals surface area contributed by atoms with Crippen LogP contribution in [0.5, 0.6) is 11.5 Å². The summed E-state index contributed by atoms with van der Waals surface area (Å²) >= 11 is 0. The third-order valence-electron chi connectivity index (χ3n) is 4.78. The van der Waals surface area contributed by atoms with Gasteiger partial charge < -0.3 is 13.9 Å². The van der Waals surface area contributed by atoms with Crippen molar-refractivity contribution >= 4 is 0 Å². The van der Waals surface area contributed by atoms with E-state index in [1.54, 1.807) is 7.11 Å². The van der Waals surface area contributed by atoms with Gasteiger partial charge in [0.15, 0.2) is 0 Å². The van der Waals surface area contributed by atoms with Crippen LogP contribution in [0.15, 0.2) is 71.3 Å². The highest BCUT2D eigenvalue weighted by Gasteiger charge is 2.11. The Bertz CT molecular complexity index is 1070. The van der Waals surface area contributed by atoms with Gasteiger partial charge in [-0.3, -0.25) is 4.98 Å². The molecule has 0 aliphatic rings. The van der Waals surface area contributed by atoms with Crippen LogP contribution in [0.3, 0.4) is 0 Å². The fraction of sp³-hybridized carbons (Fsp3) is 0.208. The van der Waals surface area contributed by atoms with Crippen molar-refractivity contribution in [1.29, 1.82) is 0 Å². The van der Waals surface area contributed by atoms with E-state index in [0.717, 1.165) is 41.2 Å². The maximum atomic E-state index is 5.84. The molecule has 6 nitrogen and oxygen atoms in total. The van der Waals surface area contributed by atoms with Gasteiger partial charge in [-0.15, -0.1) is 10.2 Å². The smallest absolute Gasteiger partial charge is 0.248 e. The molecule has 0 unspecified atom stereocenters. The van der Waals surface area contributed by atoms with Crippen molar-refractivity contribution in [2.45, 2.75) is 19.8 Å². The van der Waals surface area contributed by atoms with E-state index in [1.807, 2.05) is 54.7 Å². The van der Waals surface area contributed by atoms with Gasteiger partial charge >= 0.3 is 0 Å². The van der Waals surface area contributed by atoms with Crippen molar-refractivity contribution < 1.29 is 13.9 Å². The molecule has 4 rings (SSSR count). The molecule has 4 aromatic rings. The molecule has 0 aliphatic carbocycles. The summed E-state index contributed by atoms with van der Waals surface area (Å²) in [6.45, 7) is 2.69. The summed E-state index contributed by atoms with van der Waals surface area (Å²) in [4.78, 5) is 4.46. The van der Waals surface area contributed by atoms with Crippen molar-refractivity contribution in [1.82, 2.24) is 15.2 Å². The Morgan fingerprint density at radius 2 is 1.43 bits per heavy atom. The topological polar surface area (TPSA) is 70.3 Å². The van der Waals surface area contributed by atoms with Crippen LogP contribution in [0.25, 0.3) is 22.9 Å². The van der Waals surface area contributed by atoms with Gasteiger partial charge in [-0.25, -0.2) is 0 Å². The predicted molar refractivity (Wildman–Crippen MR) is 115 cm³/mol. The molecule has 0 spiro atoms. The molecule has 0 radical (unpaired) electrons. The highest BCUT2D eigenvalue weighted by molar-refractivity contribution is 5.59. The SMILES string of the molecule is CCc1ccc(CCOc2ccc(-c3nnc(-c4ccc(OC)cc4)o3)cc2)nc1. The van der Waals surface area contributed by atoms with Crippen molar-refractivity contribution in [3.8, 4) is 34.4 Å². The first-order chi connectivity index (χ1) is 14.7. The third-order valence-corrected chi connectivity index (χ3v) is 4.78. The number of methoxy groups -OCH3 is 1. The predicted octanol–water partition coefficient (Wildman–Crippen LogP) is 4.99. The number of benzene rings is 2. The number of rotatable bonds is 8. The van der Waals surface area contributed by atoms with E-state index in [1.165, 1.54) is 5.56 Å². The monoisotopic (exact) mass is 401 g/mol. The van der Waals surface area contributed by atoms with Crippen LogP contribution in [0.4, 0.5) is 0 Å². The quantitative estimate of drug-likeness (QED) is 0.414. The molecule has 0 fully saturated rings. The zero-order valence-corrected chi connectivity index (χ0v) is 17.0. The molecule has 0 amide bonds. The fourth-order valence-corrected chi connectivity index (χ4v) is 2.97. The summed E-state index contributed by atoms with van der Waals surface area (Å²) in [7, 11) is 1.63. The first kappa shape index (κ1) is 19.6. The summed E-state index contributed by atoms with van der Waals surface area (Å²) in [6, 6.07) is 19.3. The molecule has 0 saturated heterocycles. The van der Waals surface area contributed by atoms with Gasteiger partial charge in [0.2, 0.25) is 11.8 Å². The van der Waals surface area contributed by atoms with E-state index in [9.17, 15) is 0 Å². The molecule has 6 heteroatoms. The maximum absolute atomic E-state index is 5.84. The van der Waals surface area contributed by atoms with E-state index < -0.39 is 0 Å². The van der Waals surface area contributed by atoms with Gasteiger partial charge in [-0.1, -0.05) is 13.0 Å². The van der Waals surface area contributed by atoms with Gasteiger partial charge in [-0.2, -0.15) is 0 Å². The zero-order chi connectivity index (χ0) is 20.8. The van der Waals surface area contributed by atoms with Gasteiger partial charge in [0.1, 0.15) is 11.5 Å². The summed E-state index contributed by atoms with van der Waals surface area (Å²) in [5.41, 5.74) is 3.95. The molecule has 0 N–H and O–H groups in total. The lowest BCUT2D eigenvalue weighted by atomic mass is 10.2. The Labute approximate surface area is 175 Å². The van der Waals surface area contributed by atoms with Crippen LogP contribution in [-0.2, 0) is 12.8 Å². The van der Waals surface area contributed by atoms with Crippen molar-refractivity contribution in [2.75, 3.05) is 13.7 Å². The Morgan fingerprint density at radius 3 is 1.97 bits per heavy atom. The van der Waals surface area contributed by atoms with Crippen LogP contribution in [0, 0.1) is 0 Å². The molecule has 2 aromatic heterocycles. The number of hydrogen-bond donors (Lipinski definition) is 0. The third kappa shape index (κ3) is 4.66. The lowest BCUT2D eigenvalue weighted by Gasteiger charge is -2.06. The van der Waals surface area contributed by atoms with Gasteiger partial charge in [0, 0.05) is 29.4 Å². The summed E-state index contributed by atoms with van der Waals surface area (Å²) in [6.07, 6.45) is 3.69. The second-order valence-electron chi connectivity index (χ2n) is 6.78. The van der Waals surface area contributed by atoms with Gasteiger partial charge in [0.05, 0.1) is 13.7 Å². The Kier molecular flexibility index (Phi) is 6.03. The van der Waals surface area contributed by atoms with Crippen LogP contribution >= 0.6 is 0 Å². The molecular formula is C24H23N3O3. The second kappa shape index (κ2) is 9.22. The first-order valence-corrected chi connectivity index (χ1v) is 9.90. The number of nitrogens with zero attached hydrogens (tertiary/aromatic N) is 3. The van der Waals surface area contributed by atoms with Crippen LogP contribution in [0.2, 0.25) is 0 Å². The van der Waals surface area contributed by atoms with Crippen LogP contribution < -0.4 is 9.47 Å². The molecule has 2 aromatic carbocycles. The van der Waals surface area contributed by atoms with E-state index in [4.69, 9.17) is 13.9 Å². The average molecular weight is 401 g/mol. The molecule has 30 heavy (non-hydrogen) atoms. The number of pyridine rings is 1. The molecule has 2 heterocycles. The molecule has 152 valence electrons. The Balaban J connectivity index is 1.35. The van der Waals surface area contributed by atoms with E-state index >= 15 is 0 Å². The van der Waals surface area contributed by atoms with Crippen molar-refractivity contribution in [3.63, 3.8) is 0 Å². The fourth-order valence-electron chi connectivity index (χ4n) is 2.97. The highest BCUT2D eigenvalue weighted by atomic mass is 16.5. The molecule has 0 bridgehead atoms. The summed E-state index contributed by atoms with van der Waals surface area (Å²) in [5, 5.41) is 8.29. The molecule has 0 saturated carbocycles. The summed E-state index contributed by atoms with van der Waals surface area (Å²) in [5.74, 6) is 2.50. The number of aryl methyl sites for hydroxylation is 1. The number of aromatic nitrogens is 3. The molecular weight excluding hydrogens is 378 g/mol. The average Bonchev–Trinajstić information content (AvgIpc) is 3.30. The van der Waals surface area contributed by atoms with Crippen LogP contribution in [-0.4, -0.2) is 28.9 Å². The number of ether oxygens (including phenoxy) is 2. The highest BCUT2D eigenvalue weighted by Crippen LogP contribution is 2.26. The Morgan fingerprint density at radius 1 is 0.800 bits per heavy atom. The standard InChI is InChI=1S/C24H23N3O3/c1-3-17-4-9-20(25-16-17)14-15-29-22-12-7-19(8-13-22)24-27-26-23(30-24)18-5-10-21(28-2)11-6-18/h4-13,16H,3,14-15H2,1-2H3. The lowest BCUT2D eigenvalue weighted by Crippen LogP contribution is -2.03. The van der Waals surface area contributed by atoms with Crippen LogP contribution in [0.1, 0.15) is 18.2 Å². The van der Waals surface area contributed by atoms with E-state index in [2.05, 4.69) is 34.2 Å². The minimum atomic E-state index is 0.465. The van der Waals surface area contributed by atoms with Crippen molar-refractivity contribution in [3.05, 3.63) is 78.1 Å². The maximum Gasteiger partial charge on any atom is 0.248 e. The van der Waals surface area contributed by atoms with Crippen molar-refractivity contribution in [2.24, 2.45) is 0 Å². The Hall–Kier alpha value is -3.67. The lowest BCUT2D eigenvalue weighted by molar-refractivity contribution is 0.320. The minimum Gasteiger partial charge on any atom is -0.497 e. The second-order valence-corrected chi connectivity index (χ2v) is 6.78.